The number of benzene rings is 1. The van der Waals surface area contributed by atoms with Crippen LogP contribution in [0.25, 0.3) is 11.0 Å². The molecule has 0 aliphatic carbocycles. The highest BCUT2D eigenvalue weighted by Gasteiger charge is 2.05. The van der Waals surface area contributed by atoms with Gasteiger partial charge in [-0.05, 0) is 20.3 Å². The summed E-state index contributed by atoms with van der Waals surface area (Å²) in [5, 5.41) is 2.76. The maximum atomic E-state index is 13.5. The van der Waals surface area contributed by atoms with E-state index >= 15 is 0 Å². The van der Waals surface area contributed by atoms with Gasteiger partial charge in [-0.1, -0.05) is 5.92 Å². The van der Waals surface area contributed by atoms with Gasteiger partial charge in [-0.25, -0.2) is 9.37 Å². The molecule has 0 fully saturated rings. The molecule has 2 aromatic rings. The van der Waals surface area contributed by atoms with Crippen molar-refractivity contribution in [3.05, 3.63) is 29.8 Å². The topological polar surface area (TPSA) is 17.8 Å². The van der Waals surface area contributed by atoms with Crippen LogP contribution in [0.2, 0.25) is 0 Å². The van der Waals surface area contributed by atoms with Crippen molar-refractivity contribution in [3.63, 3.8) is 0 Å². The van der Waals surface area contributed by atoms with Crippen LogP contribution in [-0.4, -0.2) is 9.55 Å². The van der Waals surface area contributed by atoms with Gasteiger partial charge in [0, 0.05) is 34.3 Å². The van der Waals surface area contributed by atoms with Crippen LogP contribution in [-0.2, 0) is 7.05 Å². The standard InChI is InChI=1S/C10H6FIN2S/c1-14-6-13-9-4-7(2-3-15-12)8(11)5-10(9)14/h4-6H,1H3. The van der Waals surface area contributed by atoms with Gasteiger partial charge in [-0.3, -0.25) is 0 Å². The van der Waals surface area contributed by atoms with Crippen LogP contribution in [0.1, 0.15) is 5.56 Å². The number of hydrogen-bond donors (Lipinski definition) is 0. The van der Waals surface area contributed by atoms with Gasteiger partial charge in [0.25, 0.3) is 0 Å². The molecule has 0 saturated heterocycles. The number of aryl methyl sites for hydroxylation is 1. The Hall–Kier alpha value is -0.740. The van der Waals surface area contributed by atoms with E-state index in [1.165, 1.54) is 15.0 Å². The van der Waals surface area contributed by atoms with Crippen LogP contribution >= 0.6 is 30.1 Å². The fraction of sp³-hybridized carbons (Fsp3) is 0.100. The van der Waals surface area contributed by atoms with Gasteiger partial charge < -0.3 is 4.57 Å². The molecule has 2 nitrogen and oxygen atoms in total. The summed E-state index contributed by atoms with van der Waals surface area (Å²) in [7, 11) is 3.17. The van der Waals surface area contributed by atoms with Crippen LogP contribution in [0.3, 0.4) is 0 Å². The summed E-state index contributed by atoms with van der Waals surface area (Å²) >= 11 is 2.05. The van der Waals surface area contributed by atoms with Gasteiger partial charge in [0.15, 0.2) is 0 Å². The van der Waals surface area contributed by atoms with Crippen molar-refractivity contribution in [2.75, 3.05) is 0 Å². The van der Waals surface area contributed by atoms with Gasteiger partial charge in [0.2, 0.25) is 0 Å². The van der Waals surface area contributed by atoms with E-state index in [1.54, 1.807) is 17.0 Å². The van der Waals surface area contributed by atoms with E-state index in [-0.39, 0.29) is 5.82 Å². The SMILES string of the molecule is Cn1cnc2cc(C#CSI)c(F)cc21. The number of halogens is 2. The maximum absolute atomic E-state index is 13.5. The third-order valence-electron chi connectivity index (χ3n) is 2.04. The van der Waals surface area contributed by atoms with Gasteiger partial charge in [-0.2, -0.15) is 0 Å². The van der Waals surface area contributed by atoms with Gasteiger partial charge in [0.1, 0.15) is 5.82 Å². The average molecular weight is 332 g/mol. The Bertz CT molecular complexity index is 568. The van der Waals surface area contributed by atoms with E-state index in [4.69, 9.17) is 0 Å². The Kier molecular flexibility index (Phi) is 3.17. The second-order valence-electron chi connectivity index (χ2n) is 2.98. The van der Waals surface area contributed by atoms with Crippen molar-refractivity contribution in [1.82, 2.24) is 9.55 Å². The molecule has 1 aromatic heterocycles. The van der Waals surface area contributed by atoms with Crippen molar-refractivity contribution < 1.29 is 4.39 Å². The molecule has 15 heavy (non-hydrogen) atoms. The molecular formula is C10H6FIN2S. The number of aromatic nitrogens is 2. The molecule has 76 valence electrons. The minimum Gasteiger partial charge on any atom is -0.334 e. The highest BCUT2D eigenvalue weighted by Crippen LogP contribution is 2.17. The molecule has 1 heterocycles. The number of nitrogens with zero attached hydrogens (tertiary/aromatic N) is 2. The zero-order chi connectivity index (χ0) is 10.8. The average Bonchev–Trinajstić information content (AvgIpc) is 2.57. The Labute approximate surface area is 103 Å². The second kappa shape index (κ2) is 4.41. The molecule has 0 amide bonds. The number of fused-ring (bicyclic) bond motifs is 1. The zero-order valence-corrected chi connectivity index (χ0v) is 10.8. The van der Waals surface area contributed by atoms with Gasteiger partial charge in [0.05, 0.1) is 22.9 Å². The summed E-state index contributed by atoms with van der Waals surface area (Å²) in [5.74, 6) is 2.44. The predicted octanol–water partition coefficient (Wildman–Crippen LogP) is 3.10. The first-order chi connectivity index (χ1) is 7.22. The summed E-state index contributed by atoms with van der Waals surface area (Å²) in [6, 6.07) is 3.13. The lowest BCUT2D eigenvalue weighted by Gasteiger charge is -1.97. The molecule has 5 heteroatoms. The Balaban J connectivity index is 2.63. The Morgan fingerprint density at radius 1 is 1.53 bits per heavy atom. The van der Waals surface area contributed by atoms with Crippen molar-refractivity contribution in [2.24, 2.45) is 7.05 Å². The summed E-state index contributed by atoms with van der Waals surface area (Å²) in [6.07, 6.45) is 1.66. The summed E-state index contributed by atoms with van der Waals surface area (Å²) in [4.78, 5) is 4.15. The molecule has 1 aromatic carbocycles. The quantitative estimate of drug-likeness (QED) is 0.545. The molecule has 0 radical (unpaired) electrons. The Morgan fingerprint density at radius 2 is 2.33 bits per heavy atom. The first-order valence-electron chi connectivity index (χ1n) is 4.11. The van der Waals surface area contributed by atoms with Crippen molar-refractivity contribution >= 4 is 41.2 Å². The van der Waals surface area contributed by atoms with Gasteiger partial charge in [-0.15, -0.1) is 0 Å². The van der Waals surface area contributed by atoms with Crippen LogP contribution in [0.5, 0.6) is 0 Å². The van der Waals surface area contributed by atoms with E-state index in [9.17, 15) is 4.39 Å². The molecule has 0 aliphatic rings. The molecule has 2 rings (SSSR count). The van der Waals surface area contributed by atoms with Crippen molar-refractivity contribution in [3.8, 4) is 11.2 Å². The smallest absolute Gasteiger partial charge is 0.141 e. The highest BCUT2D eigenvalue weighted by molar-refractivity contribution is 14.2. The predicted molar refractivity (Wildman–Crippen MR) is 69.2 cm³/mol. The summed E-state index contributed by atoms with van der Waals surface area (Å²) < 4.78 is 15.3. The normalized spacial score (nSPS) is 10.1. The molecule has 0 spiro atoms. The van der Waals surface area contributed by atoms with E-state index in [0.29, 0.717) is 5.56 Å². The molecule has 0 N–H and O–H groups in total. The first-order valence-corrected chi connectivity index (χ1v) is 7.47. The van der Waals surface area contributed by atoms with Crippen LogP contribution in [0, 0.1) is 17.0 Å². The molecule has 0 saturated carbocycles. The fourth-order valence-electron chi connectivity index (χ4n) is 1.32. The molecule has 0 unspecified atom stereocenters. The van der Waals surface area contributed by atoms with Crippen molar-refractivity contribution in [1.29, 1.82) is 0 Å². The summed E-state index contributed by atoms with van der Waals surface area (Å²) in [6.45, 7) is 0. The highest BCUT2D eigenvalue weighted by atomic mass is 127. The minimum atomic E-state index is -0.302. The molecule has 0 atom stereocenters. The third-order valence-corrected chi connectivity index (χ3v) is 2.88. The van der Waals surface area contributed by atoms with Crippen LogP contribution in [0.4, 0.5) is 4.39 Å². The lowest BCUT2D eigenvalue weighted by Crippen LogP contribution is -1.88. The second-order valence-corrected chi connectivity index (χ2v) is 4.66. The van der Waals surface area contributed by atoms with E-state index < -0.39 is 0 Å². The number of hydrogen-bond acceptors (Lipinski definition) is 2. The maximum Gasteiger partial charge on any atom is 0.141 e. The first kappa shape index (κ1) is 10.8. The van der Waals surface area contributed by atoms with E-state index in [0.717, 1.165) is 11.0 Å². The Morgan fingerprint density at radius 3 is 3.07 bits per heavy atom. The van der Waals surface area contributed by atoms with E-state index in [1.807, 2.05) is 28.3 Å². The monoisotopic (exact) mass is 332 g/mol. The third kappa shape index (κ3) is 2.11. The molecular weight excluding hydrogens is 326 g/mol. The van der Waals surface area contributed by atoms with E-state index in [2.05, 4.69) is 16.2 Å². The van der Waals surface area contributed by atoms with Crippen LogP contribution in [0.15, 0.2) is 18.5 Å². The lowest BCUT2D eigenvalue weighted by atomic mass is 10.2. The number of imidazole rings is 1. The largest absolute Gasteiger partial charge is 0.334 e. The number of rotatable bonds is 0. The van der Waals surface area contributed by atoms with Crippen molar-refractivity contribution in [2.45, 2.75) is 0 Å². The fourth-order valence-corrected chi connectivity index (χ4v) is 1.80. The van der Waals surface area contributed by atoms with Gasteiger partial charge >= 0.3 is 0 Å². The summed E-state index contributed by atoms with van der Waals surface area (Å²) in [5.41, 5.74) is 1.94. The zero-order valence-electron chi connectivity index (χ0n) is 7.79. The van der Waals surface area contributed by atoms with Crippen LogP contribution < -0.4 is 0 Å². The lowest BCUT2D eigenvalue weighted by molar-refractivity contribution is 0.625. The molecule has 0 bridgehead atoms. The minimum absolute atomic E-state index is 0.302. The molecule has 0 aliphatic heterocycles.